The second kappa shape index (κ2) is 16.0. The van der Waals surface area contributed by atoms with Crippen LogP contribution in [-0.4, -0.2) is 27.1 Å². The van der Waals surface area contributed by atoms with Crippen molar-refractivity contribution in [3.05, 3.63) is 0 Å². The van der Waals surface area contributed by atoms with Crippen molar-refractivity contribution in [2.45, 2.75) is 6.42 Å². The van der Waals surface area contributed by atoms with Gasteiger partial charge in [0, 0.05) is 20.6 Å². The molecule has 50 valence electrons. The largest absolute Gasteiger partial charge is 0.388 e. The van der Waals surface area contributed by atoms with E-state index in [9.17, 15) is 4.79 Å². The van der Waals surface area contributed by atoms with Crippen molar-refractivity contribution in [1.29, 1.82) is 0 Å². The molecule has 0 atom stereocenters. The maximum atomic E-state index is 9.32. The van der Waals surface area contributed by atoms with Gasteiger partial charge in [0.15, 0.2) is 0 Å². The molecule has 0 aliphatic carbocycles. The first-order valence-electron chi connectivity index (χ1n) is 2.37. The summed E-state index contributed by atoms with van der Waals surface area (Å²) in [4.78, 5) is 9.32. The van der Waals surface area contributed by atoms with Gasteiger partial charge in [-0.1, -0.05) is 0 Å². The number of carbonyl (C=O) groups excluding carboxylic acids is 1. The highest BCUT2D eigenvalue weighted by Crippen LogP contribution is 1.54. The highest BCUT2D eigenvalue weighted by atomic mass is 16.4. The first-order valence-corrected chi connectivity index (χ1v) is 2.37. The number of hydrogen-bond acceptors (Lipinski definition) is 3. The second-order valence-corrected chi connectivity index (χ2v) is 1.15. The third kappa shape index (κ3) is 46.6. The fourth-order valence-electron chi connectivity index (χ4n) is 0.0680. The zero-order valence-electron chi connectivity index (χ0n) is 5.39. The summed E-state index contributed by atoms with van der Waals surface area (Å²) in [6.07, 6.45) is 1.29. The van der Waals surface area contributed by atoms with Crippen molar-refractivity contribution in [2.24, 2.45) is 5.73 Å². The van der Waals surface area contributed by atoms with E-state index in [1.54, 1.807) is 14.2 Å². The lowest BCUT2D eigenvalue weighted by molar-refractivity contribution is -0.107. The molecular weight excluding hydrogens is 106 g/mol. The van der Waals surface area contributed by atoms with Gasteiger partial charge in [-0.2, -0.15) is 0 Å². The molecular formula is C5H13NO2. The van der Waals surface area contributed by atoms with Gasteiger partial charge in [0.25, 0.3) is 0 Å². The monoisotopic (exact) mass is 119 g/mol. The summed E-state index contributed by atoms with van der Waals surface area (Å²) < 4.78 is 4.25. The maximum Gasteiger partial charge on any atom is 0.121 e. The van der Waals surface area contributed by atoms with Gasteiger partial charge in [0.1, 0.15) is 6.29 Å². The minimum absolute atomic E-state index is 0.476. The number of carbonyl (C=O) groups is 1. The number of ether oxygens (including phenoxy) is 1. The van der Waals surface area contributed by atoms with E-state index in [-0.39, 0.29) is 0 Å². The lowest BCUT2D eigenvalue weighted by Crippen LogP contribution is -1.97. The van der Waals surface area contributed by atoms with Gasteiger partial charge < -0.3 is 15.3 Å². The third-order valence-electron chi connectivity index (χ3n) is 0.285. The lowest BCUT2D eigenvalue weighted by Gasteiger charge is -1.70. The summed E-state index contributed by atoms with van der Waals surface area (Å²) >= 11 is 0. The summed E-state index contributed by atoms with van der Waals surface area (Å²) in [5, 5.41) is 0. The normalized spacial score (nSPS) is 6.88. The molecule has 0 fully saturated rings. The number of rotatable bonds is 2. The number of hydrogen-bond donors (Lipinski definition) is 1. The molecule has 0 aromatic carbocycles. The standard InChI is InChI=1S/C3H7NO.C2H6O/c4-2-1-3-5;1-3-2/h3H,1-2,4H2;1-2H3. The molecule has 2 N–H and O–H groups in total. The van der Waals surface area contributed by atoms with Gasteiger partial charge in [-0.05, 0) is 6.54 Å². The van der Waals surface area contributed by atoms with Crippen LogP contribution in [0.2, 0.25) is 0 Å². The van der Waals surface area contributed by atoms with Crippen molar-refractivity contribution in [2.75, 3.05) is 20.8 Å². The van der Waals surface area contributed by atoms with Crippen LogP contribution in [0.5, 0.6) is 0 Å². The van der Waals surface area contributed by atoms with E-state index in [1.165, 1.54) is 0 Å². The molecule has 0 saturated carbocycles. The molecule has 0 aromatic rings. The van der Waals surface area contributed by atoms with E-state index < -0.39 is 0 Å². The smallest absolute Gasteiger partial charge is 0.121 e. The van der Waals surface area contributed by atoms with Crippen LogP contribution in [0.4, 0.5) is 0 Å². The quantitative estimate of drug-likeness (QED) is 0.512. The third-order valence-corrected chi connectivity index (χ3v) is 0.285. The Bertz CT molecular complexity index is 39.4. The van der Waals surface area contributed by atoms with Crippen LogP contribution in [0.3, 0.4) is 0 Å². The second-order valence-electron chi connectivity index (χ2n) is 1.15. The molecule has 0 radical (unpaired) electrons. The highest BCUT2D eigenvalue weighted by Gasteiger charge is 1.66. The van der Waals surface area contributed by atoms with Crippen LogP contribution < -0.4 is 5.73 Å². The Hall–Kier alpha value is -0.410. The first-order chi connectivity index (χ1) is 3.83. The van der Waals surface area contributed by atoms with Crippen LogP contribution in [0, 0.1) is 0 Å². The molecule has 0 amide bonds. The van der Waals surface area contributed by atoms with E-state index >= 15 is 0 Å². The van der Waals surface area contributed by atoms with Gasteiger partial charge >= 0.3 is 0 Å². The van der Waals surface area contributed by atoms with Crippen molar-refractivity contribution < 1.29 is 9.53 Å². The zero-order chi connectivity index (χ0) is 6.83. The van der Waals surface area contributed by atoms with Crippen molar-refractivity contribution in [3.63, 3.8) is 0 Å². The van der Waals surface area contributed by atoms with Crippen LogP contribution in [-0.2, 0) is 9.53 Å². The van der Waals surface area contributed by atoms with Crippen LogP contribution in [0.15, 0.2) is 0 Å². The highest BCUT2D eigenvalue weighted by molar-refractivity contribution is 5.49. The molecule has 0 rings (SSSR count). The molecule has 0 unspecified atom stereocenters. The topological polar surface area (TPSA) is 52.3 Å². The Morgan fingerprint density at radius 2 is 2.00 bits per heavy atom. The van der Waals surface area contributed by atoms with E-state index in [1.807, 2.05) is 0 Å². The molecule has 0 aromatic heterocycles. The van der Waals surface area contributed by atoms with Crippen LogP contribution in [0.25, 0.3) is 0 Å². The van der Waals surface area contributed by atoms with E-state index in [0.717, 1.165) is 6.29 Å². The first kappa shape index (κ1) is 10.5. The molecule has 0 heterocycles. The zero-order valence-corrected chi connectivity index (χ0v) is 5.39. The summed E-state index contributed by atoms with van der Waals surface area (Å²) in [7, 11) is 3.25. The van der Waals surface area contributed by atoms with Gasteiger partial charge in [0.05, 0.1) is 0 Å². The average molecular weight is 119 g/mol. The van der Waals surface area contributed by atoms with Gasteiger partial charge in [-0.3, -0.25) is 0 Å². The fourth-order valence-corrected chi connectivity index (χ4v) is 0.0680. The van der Waals surface area contributed by atoms with Crippen LogP contribution >= 0.6 is 0 Å². The minimum Gasteiger partial charge on any atom is -0.388 e. The van der Waals surface area contributed by atoms with Crippen molar-refractivity contribution in [3.8, 4) is 0 Å². The predicted octanol–water partition coefficient (Wildman–Crippen LogP) is -0.203. The number of aldehydes is 1. The minimum atomic E-state index is 0.476. The lowest BCUT2D eigenvalue weighted by atomic mass is 10.5. The summed E-state index contributed by atoms with van der Waals surface area (Å²) in [6, 6.07) is 0. The van der Waals surface area contributed by atoms with Gasteiger partial charge in [-0.25, -0.2) is 0 Å². The Labute approximate surface area is 49.8 Å². The predicted molar refractivity (Wildman–Crippen MR) is 32.7 cm³/mol. The Kier molecular flexibility index (Phi) is 21.1. The summed E-state index contributed by atoms with van der Waals surface area (Å²) in [5.74, 6) is 0. The van der Waals surface area contributed by atoms with Crippen molar-refractivity contribution >= 4 is 6.29 Å². The Morgan fingerprint density at radius 3 is 2.00 bits per heavy atom. The van der Waals surface area contributed by atoms with Crippen LogP contribution in [0.1, 0.15) is 6.42 Å². The Morgan fingerprint density at radius 1 is 1.62 bits per heavy atom. The van der Waals surface area contributed by atoms with Crippen molar-refractivity contribution in [1.82, 2.24) is 0 Å². The molecule has 0 aliphatic rings. The fraction of sp³-hybridized carbons (Fsp3) is 0.800. The van der Waals surface area contributed by atoms with E-state index in [0.29, 0.717) is 13.0 Å². The number of nitrogens with two attached hydrogens (primary N) is 1. The number of methoxy groups -OCH3 is 1. The summed E-state index contributed by atoms with van der Waals surface area (Å²) in [5.41, 5.74) is 4.91. The average Bonchev–Trinajstić information content (AvgIpc) is 1.71. The Balaban J connectivity index is 0. The molecule has 0 saturated heterocycles. The molecule has 0 aliphatic heterocycles. The molecule has 3 nitrogen and oxygen atoms in total. The summed E-state index contributed by atoms with van der Waals surface area (Å²) in [6.45, 7) is 0.476. The van der Waals surface area contributed by atoms with E-state index in [4.69, 9.17) is 5.73 Å². The maximum absolute atomic E-state index is 9.32. The molecule has 0 bridgehead atoms. The molecule has 3 heteroatoms. The molecule has 8 heavy (non-hydrogen) atoms. The van der Waals surface area contributed by atoms with E-state index in [2.05, 4.69) is 4.74 Å². The van der Waals surface area contributed by atoms with Gasteiger partial charge in [-0.15, -0.1) is 0 Å². The van der Waals surface area contributed by atoms with Gasteiger partial charge in [0.2, 0.25) is 0 Å². The SMILES string of the molecule is COC.NCCC=O. The molecule has 0 spiro atoms.